The number of hydrogen-bond donors (Lipinski definition) is 1. The minimum Gasteiger partial charge on any atom is -0.460 e. The first-order chi connectivity index (χ1) is 8.65. The van der Waals surface area contributed by atoms with Crippen LogP contribution in [0, 0.1) is 0 Å². The summed E-state index contributed by atoms with van der Waals surface area (Å²) in [5.74, 6) is -0.187. The molecule has 0 heterocycles. The Labute approximate surface area is 107 Å². The lowest BCUT2D eigenvalue weighted by atomic mass is 10.0. The topological polar surface area (TPSA) is 63.6 Å². The van der Waals surface area contributed by atoms with Gasteiger partial charge in [-0.15, -0.1) is 0 Å². The third-order valence-electron chi connectivity index (χ3n) is 2.75. The van der Waals surface area contributed by atoms with E-state index in [1.807, 2.05) is 30.3 Å². The van der Waals surface area contributed by atoms with Crippen LogP contribution >= 0.6 is 0 Å². The first kappa shape index (κ1) is 14.4. The molecule has 0 aromatic heterocycles. The Morgan fingerprint density at radius 1 is 1.39 bits per heavy atom. The lowest BCUT2D eigenvalue weighted by Crippen LogP contribution is -2.16. The van der Waals surface area contributed by atoms with Gasteiger partial charge >= 0.3 is 0 Å². The standard InChI is InChI=1S/C14H18O4/c1-11(16)13(17)8-5-9-14(18-10-15)12-6-3-2-4-7-12/h2-4,6-7,10-11,14,16H,5,8-9H2,1H3/t11-,14+/m1/s1. The summed E-state index contributed by atoms with van der Waals surface area (Å²) in [4.78, 5) is 21.7. The Hall–Kier alpha value is -1.68. The lowest BCUT2D eigenvalue weighted by molar-refractivity contribution is -0.134. The Morgan fingerprint density at radius 2 is 2.06 bits per heavy atom. The third kappa shape index (κ3) is 4.67. The van der Waals surface area contributed by atoms with Gasteiger partial charge in [0, 0.05) is 6.42 Å². The van der Waals surface area contributed by atoms with E-state index in [9.17, 15) is 9.59 Å². The molecule has 0 unspecified atom stereocenters. The second-order valence-corrected chi connectivity index (χ2v) is 4.17. The van der Waals surface area contributed by atoms with Crippen LogP contribution in [-0.4, -0.2) is 23.5 Å². The quantitative estimate of drug-likeness (QED) is 0.717. The number of Topliss-reactive ketones (excluding diaryl/α,β-unsaturated/α-hetero) is 1. The van der Waals surface area contributed by atoms with Gasteiger partial charge in [-0.25, -0.2) is 0 Å². The molecule has 0 aliphatic carbocycles. The molecule has 1 rings (SSSR count). The molecule has 0 saturated carbocycles. The van der Waals surface area contributed by atoms with E-state index in [0.29, 0.717) is 25.7 Å². The van der Waals surface area contributed by atoms with Crippen molar-refractivity contribution in [3.05, 3.63) is 35.9 Å². The monoisotopic (exact) mass is 250 g/mol. The number of aliphatic hydroxyl groups is 1. The fraction of sp³-hybridized carbons (Fsp3) is 0.429. The summed E-state index contributed by atoms with van der Waals surface area (Å²) in [6.07, 6.45) is 0.194. The van der Waals surface area contributed by atoms with Crippen LogP contribution in [0.3, 0.4) is 0 Å². The number of carbonyl (C=O) groups is 2. The zero-order valence-corrected chi connectivity index (χ0v) is 10.4. The molecule has 4 nitrogen and oxygen atoms in total. The van der Waals surface area contributed by atoms with Crippen molar-refractivity contribution in [1.82, 2.24) is 0 Å². The van der Waals surface area contributed by atoms with Crippen molar-refractivity contribution in [3.8, 4) is 0 Å². The van der Waals surface area contributed by atoms with Crippen LogP contribution in [0.15, 0.2) is 30.3 Å². The van der Waals surface area contributed by atoms with Crippen molar-refractivity contribution < 1.29 is 19.4 Å². The molecular weight excluding hydrogens is 232 g/mol. The molecule has 0 aliphatic rings. The van der Waals surface area contributed by atoms with Gasteiger partial charge in [0.25, 0.3) is 6.47 Å². The second-order valence-electron chi connectivity index (χ2n) is 4.17. The number of benzene rings is 1. The molecule has 1 aromatic rings. The molecule has 18 heavy (non-hydrogen) atoms. The number of hydrogen-bond acceptors (Lipinski definition) is 4. The maximum absolute atomic E-state index is 11.3. The molecule has 1 N–H and O–H groups in total. The minimum atomic E-state index is -0.924. The summed E-state index contributed by atoms with van der Waals surface area (Å²) in [6.45, 7) is 1.88. The van der Waals surface area contributed by atoms with Gasteiger partial charge in [0.15, 0.2) is 5.78 Å². The molecule has 0 aliphatic heterocycles. The van der Waals surface area contributed by atoms with Crippen molar-refractivity contribution in [2.45, 2.75) is 38.4 Å². The summed E-state index contributed by atoms with van der Waals surface area (Å²) in [5, 5.41) is 9.07. The van der Waals surface area contributed by atoms with E-state index in [1.165, 1.54) is 6.92 Å². The van der Waals surface area contributed by atoms with Gasteiger partial charge in [-0.05, 0) is 25.3 Å². The van der Waals surface area contributed by atoms with E-state index >= 15 is 0 Å². The summed E-state index contributed by atoms with van der Waals surface area (Å²) in [5.41, 5.74) is 0.911. The van der Waals surface area contributed by atoms with Crippen LogP contribution in [-0.2, 0) is 14.3 Å². The van der Waals surface area contributed by atoms with Crippen molar-refractivity contribution in [3.63, 3.8) is 0 Å². The van der Waals surface area contributed by atoms with Crippen LogP contribution in [0.25, 0.3) is 0 Å². The van der Waals surface area contributed by atoms with Gasteiger partial charge in [0.1, 0.15) is 12.2 Å². The predicted molar refractivity (Wildman–Crippen MR) is 66.9 cm³/mol. The SMILES string of the molecule is C[C@@H](O)C(=O)CCC[C@H](OC=O)c1ccccc1. The molecule has 0 bridgehead atoms. The predicted octanol–water partition coefficient (Wildman–Crippen LogP) is 2.02. The molecular formula is C14H18O4. The molecule has 1 aromatic carbocycles. The number of ketones is 1. The zero-order valence-electron chi connectivity index (χ0n) is 10.4. The zero-order chi connectivity index (χ0) is 13.4. The molecule has 0 radical (unpaired) electrons. The molecule has 0 spiro atoms. The van der Waals surface area contributed by atoms with Crippen molar-refractivity contribution in [2.75, 3.05) is 0 Å². The number of rotatable bonds is 8. The molecule has 0 fully saturated rings. The number of ether oxygens (including phenoxy) is 1. The number of carbonyl (C=O) groups excluding carboxylic acids is 2. The fourth-order valence-electron chi connectivity index (χ4n) is 1.72. The van der Waals surface area contributed by atoms with Crippen LogP contribution in [0.5, 0.6) is 0 Å². The largest absolute Gasteiger partial charge is 0.460 e. The highest BCUT2D eigenvalue weighted by Gasteiger charge is 2.14. The highest BCUT2D eigenvalue weighted by Crippen LogP contribution is 2.22. The number of aliphatic hydroxyl groups excluding tert-OH is 1. The van der Waals surface area contributed by atoms with Crippen molar-refractivity contribution in [1.29, 1.82) is 0 Å². The first-order valence-corrected chi connectivity index (χ1v) is 6.00. The first-order valence-electron chi connectivity index (χ1n) is 6.00. The maximum Gasteiger partial charge on any atom is 0.293 e. The normalized spacial score (nSPS) is 13.7. The van der Waals surface area contributed by atoms with Crippen LogP contribution in [0.4, 0.5) is 0 Å². The van der Waals surface area contributed by atoms with Gasteiger partial charge in [-0.3, -0.25) is 9.59 Å². The minimum absolute atomic E-state index is 0.187. The van der Waals surface area contributed by atoms with Gasteiger partial charge in [-0.1, -0.05) is 30.3 Å². The average molecular weight is 250 g/mol. The van der Waals surface area contributed by atoms with Crippen LogP contribution < -0.4 is 0 Å². The van der Waals surface area contributed by atoms with E-state index in [-0.39, 0.29) is 11.9 Å². The summed E-state index contributed by atoms with van der Waals surface area (Å²) in [7, 11) is 0. The molecule has 2 atom stereocenters. The highest BCUT2D eigenvalue weighted by atomic mass is 16.5. The van der Waals surface area contributed by atoms with Crippen molar-refractivity contribution >= 4 is 12.3 Å². The Balaban J connectivity index is 2.49. The summed E-state index contributed by atoms with van der Waals surface area (Å²) < 4.78 is 5.02. The fourth-order valence-corrected chi connectivity index (χ4v) is 1.72. The summed E-state index contributed by atoms with van der Waals surface area (Å²) >= 11 is 0. The average Bonchev–Trinajstić information content (AvgIpc) is 2.38. The van der Waals surface area contributed by atoms with E-state index < -0.39 is 6.10 Å². The second kappa shape index (κ2) is 7.61. The van der Waals surface area contributed by atoms with Gasteiger partial charge in [0.05, 0.1) is 0 Å². The van der Waals surface area contributed by atoms with Gasteiger partial charge in [0.2, 0.25) is 0 Å². The maximum atomic E-state index is 11.3. The molecule has 0 saturated heterocycles. The molecule has 0 amide bonds. The molecule has 98 valence electrons. The van der Waals surface area contributed by atoms with Crippen molar-refractivity contribution in [2.24, 2.45) is 0 Å². The van der Waals surface area contributed by atoms with E-state index in [1.54, 1.807) is 0 Å². The molecule has 4 heteroatoms. The third-order valence-corrected chi connectivity index (χ3v) is 2.75. The van der Waals surface area contributed by atoms with Crippen LogP contribution in [0.2, 0.25) is 0 Å². The van der Waals surface area contributed by atoms with E-state index in [4.69, 9.17) is 9.84 Å². The Bertz CT molecular complexity index is 373. The van der Waals surface area contributed by atoms with Gasteiger partial charge in [-0.2, -0.15) is 0 Å². The van der Waals surface area contributed by atoms with Crippen LogP contribution in [0.1, 0.15) is 37.9 Å². The van der Waals surface area contributed by atoms with Gasteiger partial charge < -0.3 is 9.84 Å². The highest BCUT2D eigenvalue weighted by molar-refractivity contribution is 5.82. The van der Waals surface area contributed by atoms with E-state index in [0.717, 1.165) is 5.56 Å². The summed E-state index contributed by atoms with van der Waals surface area (Å²) in [6, 6.07) is 9.39. The Kier molecular flexibility index (Phi) is 6.08. The van der Waals surface area contributed by atoms with E-state index in [2.05, 4.69) is 0 Å². The smallest absolute Gasteiger partial charge is 0.293 e. The Morgan fingerprint density at radius 3 is 2.61 bits per heavy atom. The lowest BCUT2D eigenvalue weighted by Gasteiger charge is -2.15.